The van der Waals surface area contributed by atoms with Gasteiger partial charge in [0.2, 0.25) is 0 Å². The summed E-state index contributed by atoms with van der Waals surface area (Å²) in [6.45, 7) is 2.29. The Kier molecular flexibility index (Phi) is 4.47. The van der Waals surface area contributed by atoms with E-state index in [0.29, 0.717) is 5.92 Å². The number of hydrogen-bond acceptors (Lipinski definition) is 1. The Balaban J connectivity index is 1.99. The molecular weight excluding hydrogens is 230 g/mol. The normalized spacial score (nSPS) is 26.8. The van der Waals surface area contributed by atoms with Crippen LogP contribution in [0.1, 0.15) is 50.6 Å². The molecule has 2 rings (SSSR count). The highest BCUT2D eigenvalue weighted by molar-refractivity contribution is 6.30. The highest BCUT2D eigenvalue weighted by Crippen LogP contribution is 2.37. The summed E-state index contributed by atoms with van der Waals surface area (Å²) >= 11 is 6.02. The lowest BCUT2D eigenvalue weighted by Crippen LogP contribution is -2.25. The molecule has 1 atom stereocenters. The van der Waals surface area contributed by atoms with Gasteiger partial charge in [-0.3, -0.25) is 0 Å². The summed E-state index contributed by atoms with van der Waals surface area (Å²) in [5.41, 5.74) is 7.56. The molecule has 0 aromatic heterocycles. The molecule has 0 amide bonds. The molecule has 0 saturated heterocycles. The highest BCUT2D eigenvalue weighted by atomic mass is 35.5. The van der Waals surface area contributed by atoms with Crippen LogP contribution in [0, 0.1) is 11.8 Å². The molecule has 94 valence electrons. The molecular formula is C15H22ClN. The summed E-state index contributed by atoms with van der Waals surface area (Å²) < 4.78 is 0. The van der Waals surface area contributed by atoms with Crippen molar-refractivity contribution in [3.05, 3.63) is 34.9 Å². The Morgan fingerprint density at radius 1 is 1.29 bits per heavy atom. The van der Waals surface area contributed by atoms with Crippen LogP contribution in [0.15, 0.2) is 24.3 Å². The minimum Gasteiger partial charge on any atom is -0.324 e. The van der Waals surface area contributed by atoms with Gasteiger partial charge in [-0.2, -0.15) is 0 Å². The van der Waals surface area contributed by atoms with Gasteiger partial charge in [-0.05, 0) is 42.4 Å². The van der Waals surface area contributed by atoms with Gasteiger partial charge in [0.15, 0.2) is 0 Å². The van der Waals surface area contributed by atoms with Crippen LogP contribution in [-0.2, 0) is 0 Å². The molecule has 1 fully saturated rings. The SMILES string of the molecule is CCC1CCC(C(N)c2cccc(Cl)c2)CC1. The molecule has 0 heterocycles. The first kappa shape index (κ1) is 12.9. The molecule has 17 heavy (non-hydrogen) atoms. The van der Waals surface area contributed by atoms with E-state index in [-0.39, 0.29) is 6.04 Å². The third kappa shape index (κ3) is 3.23. The van der Waals surface area contributed by atoms with Crippen molar-refractivity contribution in [3.63, 3.8) is 0 Å². The molecule has 1 aromatic rings. The molecule has 2 N–H and O–H groups in total. The van der Waals surface area contributed by atoms with Crippen molar-refractivity contribution in [1.82, 2.24) is 0 Å². The lowest BCUT2D eigenvalue weighted by molar-refractivity contribution is 0.240. The van der Waals surface area contributed by atoms with E-state index in [1.807, 2.05) is 18.2 Å². The van der Waals surface area contributed by atoms with Gasteiger partial charge in [0.1, 0.15) is 0 Å². The van der Waals surface area contributed by atoms with Gasteiger partial charge in [-0.1, -0.05) is 49.9 Å². The molecule has 0 bridgehead atoms. The van der Waals surface area contributed by atoms with E-state index < -0.39 is 0 Å². The van der Waals surface area contributed by atoms with Crippen molar-refractivity contribution in [2.75, 3.05) is 0 Å². The van der Waals surface area contributed by atoms with Crippen LogP contribution in [0.4, 0.5) is 0 Å². The maximum absolute atomic E-state index is 6.37. The van der Waals surface area contributed by atoms with Gasteiger partial charge < -0.3 is 5.73 Å². The quantitative estimate of drug-likeness (QED) is 0.838. The molecule has 1 unspecified atom stereocenters. The third-order valence-electron chi connectivity index (χ3n) is 4.21. The molecule has 1 saturated carbocycles. The Hall–Kier alpha value is -0.530. The van der Waals surface area contributed by atoms with Gasteiger partial charge in [-0.25, -0.2) is 0 Å². The zero-order chi connectivity index (χ0) is 12.3. The van der Waals surface area contributed by atoms with Gasteiger partial charge in [0, 0.05) is 11.1 Å². The van der Waals surface area contributed by atoms with E-state index in [0.717, 1.165) is 10.9 Å². The zero-order valence-electron chi connectivity index (χ0n) is 10.5. The Labute approximate surface area is 109 Å². The van der Waals surface area contributed by atoms with Crippen LogP contribution >= 0.6 is 11.6 Å². The fraction of sp³-hybridized carbons (Fsp3) is 0.600. The van der Waals surface area contributed by atoms with E-state index in [9.17, 15) is 0 Å². The topological polar surface area (TPSA) is 26.0 Å². The Bertz CT molecular complexity index is 356. The second kappa shape index (κ2) is 5.88. The second-order valence-electron chi connectivity index (χ2n) is 5.27. The van der Waals surface area contributed by atoms with Crippen molar-refractivity contribution in [2.45, 2.75) is 45.1 Å². The summed E-state index contributed by atoms with van der Waals surface area (Å²) in [5, 5.41) is 0.792. The Morgan fingerprint density at radius 3 is 2.59 bits per heavy atom. The predicted octanol–water partition coefficient (Wildman–Crippen LogP) is 4.56. The van der Waals surface area contributed by atoms with Crippen LogP contribution in [0.3, 0.4) is 0 Å². The van der Waals surface area contributed by atoms with Crippen molar-refractivity contribution in [3.8, 4) is 0 Å². The highest BCUT2D eigenvalue weighted by Gasteiger charge is 2.25. The molecule has 1 aromatic carbocycles. The molecule has 2 heteroatoms. The maximum Gasteiger partial charge on any atom is 0.0409 e. The smallest absolute Gasteiger partial charge is 0.0409 e. The first-order valence-electron chi connectivity index (χ1n) is 6.71. The molecule has 1 aliphatic carbocycles. The third-order valence-corrected chi connectivity index (χ3v) is 4.45. The summed E-state index contributed by atoms with van der Waals surface area (Å²) in [7, 11) is 0. The molecule has 0 aliphatic heterocycles. The lowest BCUT2D eigenvalue weighted by Gasteiger charge is -2.32. The number of benzene rings is 1. The minimum absolute atomic E-state index is 0.159. The number of rotatable bonds is 3. The fourth-order valence-electron chi connectivity index (χ4n) is 2.94. The molecule has 1 aliphatic rings. The summed E-state index contributed by atoms with van der Waals surface area (Å²) in [5.74, 6) is 1.56. The molecule has 0 radical (unpaired) electrons. The van der Waals surface area contributed by atoms with Crippen molar-refractivity contribution < 1.29 is 0 Å². The van der Waals surface area contributed by atoms with Gasteiger partial charge in [0.05, 0.1) is 0 Å². The van der Waals surface area contributed by atoms with Gasteiger partial charge in [0.25, 0.3) is 0 Å². The number of nitrogens with two attached hydrogens (primary N) is 1. The van der Waals surface area contributed by atoms with Crippen molar-refractivity contribution >= 4 is 11.6 Å². The average molecular weight is 252 g/mol. The van der Waals surface area contributed by atoms with Crippen LogP contribution in [0.2, 0.25) is 5.02 Å². The van der Waals surface area contributed by atoms with E-state index >= 15 is 0 Å². The first-order valence-corrected chi connectivity index (χ1v) is 7.09. The first-order chi connectivity index (χ1) is 8.20. The number of hydrogen-bond donors (Lipinski definition) is 1. The van der Waals surface area contributed by atoms with Crippen LogP contribution in [0.5, 0.6) is 0 Å². The Morgan fingerprint density at radius 2 is 2.00 bits per heavy atom. The molecule has 1 nitrogen and oxygen atoms in total. The van der Waals surface area contributed by atoms with Crippen molar-refractivity contribution in [2.24, 2.45) is 17.6 Å². The van der Waals surface area contributed by atoms with Gasteiger partial charge in [-0.15, -0.1) is 0 Å². The van der Waals surface area contributed by atoms with Gasteiger partial charge >= 0.3 is 0 Å². The summed E-state index contributed by atoms with van der Waals surface area (Å²) in [4.78, 5) is 0. The monoisotopic (exact) mass is 251 g/mol. The second-order valence-corrected chi connectivity index (χ2v) is 5.71. The number of halogens is 1. The van der Waals surface area contributed by atoms with E-state index in [4.69, 9.17) is 17.3 Å². The summed E-state index contributed by atoms with van der Waals surface area (Å²) in [6, 6.07) is 8.17. The van der Waals surface area contributed by atoms with E-state index in [1.54, 1.807) is 0 Å². The largest absolute Gasteiger partial charge is 0.324 e. The zero-order valence-corrected chi connectivity index (χ0v) is 11.3. The maximum atomic E-state index is 6.37. The fourth-order valence-corrected chi connectivity index (χ4v) is 3.14. The predicted molar refractivity (Wildman–Crippen MR) is 74.1 cm³/mol. The summed E-state index contributed by atoms with van der Waals surface area (Å²) in [6.07, 6.45) is 6.54. The van der Waals surface area contributed by atoms with Crippen LogP contribution in [-0.4, -0.2) is 0 Å². The van der Waals surface area contributed by atoms with Crippen molar-refractivity contribution in [1.29, 1.82) is 0 Å². The average Bonchev–Trinajstić information content (AvgIpc) is 2.38. The van der Waals surface area contributed by atoms with E-state index in [1.165, 1.54) is 37.7 Å². The standard InChI is InChI=1S/C15H22ClN/c1-2-11-6-8-12(9-7-11)15(17)13-4-3-5-14(16)10-13/h3-5,10-12,15H,2,6-9,17H2,1H3. The lowest BCUT2D eigenvalue weighted by atomic mass is 9.76. The van der Waals surface area contributed by atoms with Crippen LogP contribution < -0.4 is 5.73 Å². The molecule has 0 spiro atoms. The minimum atomic E-state index is 0.159. The van der Waals surface area contributed by atoms with Crippen LogP contribution in [0.25, 0.3) is 0 Å². The van der Waals surface area contributed by atoms with E-state index in [2.05, 4.69) is 13.0 Å².